The van der Waals surface area contributed by atoms with E-state index >= 15 is 0 Å². The molecule has 3 N–H and O–H groups in total. The molecule has 3 heteroatoms. The highest BCUT2D eigenvalue weighted by Crippen LogP contribution is 2.32. The van der Waals surface area contributed by atoms with Crippen molar-refractivity contribution in [3.05, 3.63) is 0 Å². The fraction of sp³-hybridized carbons (Fsp3) is 0.938. The van der Waals surface area contributed by atoms with Crippen LogP contribution in [0, 0.1) is 11.8 Å². The van der Waals surface area contributed by atoms with Gasteiger partial charge >= 0.3 is 0 Å². The summed E-state index contributed by atoms with van der Waals surface area (Å²) < 4.78 is 0. The maximum absolute atomic E-state index is 12.1. The SMILES string of the molecule is CC(N)C1CCC(CC(=O)NC2CCCCC2)CC1. The van der Waals surface area contributed by atoms with Crippen molar-refractivity contribution in [3.63, 3.8) is 0 Å². The summed E-state index contributed by atoms with van der Waals surface area (Å²) in [6, 6.07) is 0.777. The molecule has 1 amide bonds. The van der Waals surface area contributed by atoms with Crippen molar-refractivity contribution < 1.29 is 4.79 Å². The van der Waals surface area contributed by atoms with Crippen LogP contribution in [0.25, 0.3) is 0 Å². The second-order valence-electron chi connectivity index (χ2n) is 6.75. The van der Waals surface area contributed by atoms with Gasteiger partial charge in [-0.2, -0.15) is 0 Å². The molecule has 2 aliphatic carbocycles. The minimum atomic E-state index is 0.288. The topological polar surface area (TPSA) is 55.1 Å². The van der Waals surface area contributed by atoms with Crippen molar-refractivity contribution in [2.45, 2.75) is 83.2 Å². The van der Waals surface area contributed by atoms with Gasteiger partial charge in [0, 0.05) is 18.5 Å². The van der Waals surface area contributed by atoms with Gasteiger partial charge in [0.05, 0.1) is 0 Å². The van der Waals surface area contributed by atoms with Crippen LogP contribution in [0.2, 0.25) is 0 Å². The van der Waals surface area contributed by atoms with Gasteiger partial charge in [0.1, 0.15) is 0 Å². The molecule has 1 atom stereocenters. The van der Waals surface area contributed by atoms with Crippen LogP contribution in [-0.4, -0.2) is 18.0 Å². The highest BCUT2D eigenvalue weighted by molar-refractivity contribution is 5.76. The van der Waals surface area contributed by atoms with Gasteiger partial charge in [-0.25, -0.2) is 0 Å². The standard InChI is InChI=1S/C16H30N2O/c1-12(17)14-9-7-13(8-10-14)11-16(19)18-15-5-3-2-4-6-15/h12-15H,2-11,17H2,1H3,(H,18,19). The average Bonchev–Trinajstić information content (AvgIpc) is 2.40. The fourth-order valence-electron chi connectivity index (χ4n) is 3.71. The van der Waals surface area contributed by atoms with Gasteiger partial charge in [0.15, 0.2) is 0 Å². The van der Waals surface area contributed by atoms with Crippen LogP contribution in [0.4, 0.5) is 0 Å². The molecule has 2 fully saturated rings. The van der Waals surface area contributed by atoms with Crippen molar-refractivity contribution in [3.8, 4) is 0 Å². The largest absolute Gasteiger partial charge is 0.353 e. The van der Waals surface area contributed by atoms with Crippen molar-refractivity contribution >= 4 is 5.91 Å². The maximum atomic E-state index is 12.1. The molecule has 3 nitrogen and oxygen atoms in total. The lowest BCUT2D eigenvalue weighted by Gasteiger charge is -2.31. The minimum Gasteiger partial charge on any atom is -0.353 e. The molecule has 1 unspecified atom stereocenters. The van der Waals surface area contributed by atoms with E-state index in [2.05, 4.69) is 12.2 Å². The van der Waals surface area contributed by atoms with Gasteiger partial charge in [0.25, 0.3) is 0 Å². The number of rotatable bonds is 4. The van der Waals surface area contributed by atoms with Crippen molar-refractivity contribution in [1.29, 1.82) is 0 Å². The molecule has 0 aromatic carbocycles. The zero-order chi connectivity index (χ0) is 13.7. The summed E-state index contributed by atoms with van der Waals surface area (Å²) >= 11 is 0. The van der Waals surface area contributed by atoms with Crippen LogP contribution in [0.15, 0.2) is 0 Å². The molecule has 110 valence electrons. The normalized spacial score (nSPS) is 30.8. The van der Waals surface area contributed by atoms with Gasteiger partial charge in [-0.3, -0.25) is 4.79 Å². The lowest BCUT2D eigenvalue weighted by atomic mass is 9.78. The van der Waals surface area contributed by atoms with E-state index in [1.807, 2.05) is 0 Å². The zero-order valence-electron chi connectivity index (χ0n) is 12.4. The summed E-state index contributed by atoms with van der Waals surface area (Å²) in [6.45, 7) is 2.11. The predicted molar refractivity (Wildman–Crippen MR) is 78.7 cm³/mol. The molecule has 0 radical (unpaired) electrons. The second kappa shape index (κ2) is 7.28. The van der Waals surface area contributed by atoms with Gasteiger partial charge < -0.3 is 11.1 Å². The van der Waals surface area contributed by atoms with Crippen molar-refractivity contribution in [2.75, 3.05) is 0 Å². The Labute approximate surface area is 117 Å². The molecule has 0 heterocycles. The molecule has 0 aliphatic heterocycles. The number of nitrogens with two attached hydrogens (primary N) is 1. The zero-order valence-corrected chi connectivity index (χ0v) is 12.4. The van der Waals surface area contributed by atoms with E-state index in [0.29, 0.717) is 23.9 Å². The van der Waals surface area contributed by atoms with Crippen LogP contribution < -0.4 is 11.1 Å². The lowest BCUT2D eigenvalue weighted by molar-refractivity contribution is -0.123. The maximum Gasteiger partial charge on any atom is 0.220 e. The van der Waals surface area contributed by atoms with E-state index in [0.717, 1.165) is 6.42 Å². The molecule has 0 aromatic rings. The first-order valence-corrected chi connectivity index (χ1v) is 8.20. The Bertz CT molecular complexity index is 276. The van der Waals surface area contributed by atoms with Gasteiger partial charge in [0.2, 0.25) is 5.91 Å². The molecule has 19 heavy (non-hydrogen) atoms. The van der Waals surface area contributed by atoms with Crippen LogP contribution in [0.5, 0.6) is 0 Å². The number of amides is 1. The Morgan fingerprint density at radius 2 is 1.74 bits per heavy atom. The second-order valence-corrected chi connectivity index (χ2v) is 6.75. The third kappa shape index (κ3) is 4.79. The first kappa shape index (κ1) is 14.8. The summed E-state index contributed by atoms with van der Waals surface area (Å²) in [5.74, 6) is 1.56. The Morgan fingerprint density at radius 3 is 2.32 bits per heavy atom. The van der Waals surface area contributed by atoms with E-state index in [1.165, 1.54) is 57.8 Å². The summed E-state index contributed by atoms with van der Waals surface area (Å²) in [6.07, 6.45) is 11.8. The summed E-state index contributed by atoms with van der Waals surface area (Å²) in [5, 5.41) is 3.24. The molecule has 0 saturated heterocycles. The fourth-order valence-corrected chi connectivity index (χ4v) is 3.71. The van der Waals surface area contributed by atoms with Crippen molar-refractivity contribution in [1.82, 2.24) is 5.32 Å². The summed E-state index contributed by atoms with van der Waals surface area (Å²) in [7, 11) is 0. The van der Waals surface area contributed by atoms with Crippen LogP contribution in [-0.2, 0) is 4.79 Å². The van der Waals surface area contributed by atoms with Crippen LogP contribution >= 0.6 is 0 Å². The van der Waals surface area contributed by atoms with E-state index in [9.17, 15) is 4.79 Å². The molecule has 0 aromatic heterocycles. The number of hydrogen-bond donors (Lipinski definition) is 2. The highest BCUT2D eigenvalue weighted by atomic mass is 16.1. The van der Waals surface area contributed by atoms with E-state index in [-0.39, 0.29) is 5.91 Å². The summed E-state index contributed by atoms with van der Waals surface area (Å²) in [4.78, 5) is 12.1. The number of carbonyl (C=O) groups is 1. The van der Waals surface area contributed by atoms with Crippen LogP contribution in [0.3, 0.4) is 0 Å². The smallest absolute Gasteiger partial charge is 0.220 e. The van der Waals surface area contributed by atoms with Gasteiger partial charge in [-0.1, -0.05) is 19.3 Å². The third-order valence-corrected chi connectivity index (χ3v) is 5.08. The molecule has 2 aliphatic rings. The highest BCUT2D eigenvalue weighted by Gasteiger charge is 2.25. The quantitative estimate of drug-likeness (QED) is 0.822. The third-order valence-electron chi connectivity index (χ3n) is 5.08. The predicted octanol–water partition coefficient (Wildman–Crippen LogP) is 2.98. The van der Waals surface area contributed by atoms with Gasteiger partial charge in [-0.05, 0) is 57.3 Å². The number of nitrogens with one attached hydrogen (secondary N) is 1. The van der Waals surface area contributed by atoms with E-state index in [1.54, 1.807) is 0 Å². The molecule has 0 spiro atoms. The number of carbonyl (C=O) groups excluding carboxylic acids is 1. The lowest BCUT2D eigenvalue weighted by Crippen LogP contribution is -2.38. The molecule has 0 bridgehead atoms. The Hall–Kier alpha value is -0.570. The first-order valence-electron chi connectivity index (χ1n) is 8.20. The van der Waals surface area contributed by atoms with Crippen LogP contribution in [0.1, 0.15) is 71.1 Å². The molecular weight excluding hydrogens is 236 g/mol. The summed E-state index contributed by atoms with van der Waals surface area (Å²) in [5.41, 5.74) is 5.96. The van der Waals surface area contributed by atoms with Gasteiger partial charge in [-0.15, -0.1) is 0 Å². The Morgan fingerprint density at radius 1 is 1.11 bits per heavy atom. The first-order chi connectivity index (χ1) is 9.15. The molecular formula is C16H30N2O. The Kier molecular flexibility index (Phi) is 5.68. The Balaban J connectivity index is 1.65. The monoisotopic (exact) mass is 266 g/mol. The molecule has 2 saturated carbocycles. The average molecular weight is 266 g/mol. The minimum absolute atomic E-state index is 0.288. The van der Waals surface area contributed by atoms with Crippen molar-refractivity contribution in [2.24, 2.45) is 17.6 Å². The number of hydrogen-bond acceptors (Lipinski definition) is 2. The molecule has 2 rings (SSSR count). The van der Waals surface area contributed by atoms with E-state index < -0.39 is 0 Å². The van der Waals surface area contributed by atoms with E-state index in [4.69, 9.17) is 5.73 Å².